The number of hydrogen-bond donors (Lipinski definition) is 6. The maximum absolute atomic E-state index is 16.0. The molecule has 0 saturated carbocycles. The van der Waals surface area contributed by atoms with Crippen molar-refractivity contribution < 1.29 is 77.7 Å². The van der Waals surface area contributed by atoms with Crippen molar-refractivity contribution in [3.63, 3.8) is 0 Å². The number of ether oxygens (including phenoxy) is 2. The van der Waals surface area contributed by atoms with E-state index >= 15 is 8.78 Å². The molecular weight excluding hydrogens is 1040 g/mol. The average molecular weight is 1100 g/mol. The molecule has 2 aromatic heterocycles. The molecule has 6 N–H and O–H groups in total. The number of anilines is 1. The van der Waals surface area contributed by atoms with E-state index in [9.17, 15) is 59.4 Å². The van der Waals surface area contributed by atoms with Gasteiger partial charge in [0, 0.05) is 80.6 Å². The number of carbonyl (C=O) groups excluding carboxylic acids is 4. The monoisotopic (exact) mass is 1100 g/mol. The first-order valence-electron chi connectivity index (χ1n) is 23.7. The number of methoxy groups -OCH3 is 1. The fraction of sp³-hybridized carbons (Fsp3) is 0.490. The van der Waals surface area contributed by atoms with E-state index in [4.69, 9.17) is 4.74 Å². The van der Waals surface area contributed by atoms with Crippen LogP contribution in [0.5, 0.6) is 0 Å². The highest BCUT2D eigenvalue weighted by molar-refractivity contribution is 5.87. The Morgan fingerprint density at radius 3 is 1.96 bits per heavy atom. The van der Waals surface area contributed by atoms with Gasteiger partial charge in [-0.2, -0.15) is 40.2 Å². The molecule has 2 aliphatic heterocycles. The van der Waals surface area contributed by atoms with Crippen LogP contribution in [0.2, 0.25) is 0 Å². The standard InChI is InChI=1S/C49H55F10N11O7/c1-46(2,48(54,55)56)38(65-45(75)76-6)40(72)64-36(17-27-10-7-26(8-11-27)9-12-28-20-61-43(62-21-28)68-22-30-13-14-31(23-68)63-30)37(71)25-69(67-41(73)39(77-44(74)60-5)47(3,4)49(57,58)59)24-32-33(50)18-29(19-34(32)51)35-15-16-70(66-35)42(52)53/h7-8,10-11,15-16,18-21,30-31,36-39,42,63,71H,13-14,17,22-25H2,1-6H3,(H,60,74)(H,64,72)(H,65,75)(H,67,73)/t30-,31-,36-,37-,38+,39+/m0/s1. The highest BCUT2D eigenvalue weighted by Crippen LogP contribution is 2.43. The first-order valence-corrected chi connectivity index (χ1v) is 23.7. The summed E-state index contributed by atoms with van der Waals surface area (Å²) in [6.07, 6.45) is -12.8. The van der Waals surface area contributed by atoms with Gasteiger partial charge < -0.3 is 40.7 Å². The number of hydrazine groups is 1. The predicted molar refractivity (Wildman–Crippen MR) is 254 cm³/mol. The molecule has 28 heteroatoms. The second-order valence-electron chi connectivity index (χ2n) is 19.4. The number of nitrogens with one attached hydrogen (secondary N) is 5. The molecule has 4 heterocycles. The van der Waals surface area contributed by atoms with Crippen molar-refractivity contribution >= 4 is 29.9 Å². The lowest BCUT2D eigenvalue weighted by Crippen LogP contribution is -2.62. The summed E-state index contributed by atoms with van der Waals surface area (Å²) in [5.74, 6) is 0.273. The number of nitrogens with zero attached hydrogens (tertiary/aromatic N) is 6. The number of alkyl carbamates (subject to hydrolysis) is 2. The van der Waals surface area contributed by atoms with Crippen LogP contribution in [-0.4, -0.2) is 136 Å². The third kappa shape index (κ3) is 14.4. The van der Waals surface area contributed by atoms with Gasteiger partial charge in [-0.25, -0.2) is 38.0 Å². The van der Waals surface area contributed by atoms with Crippen molar-refractivity contribution in [2.75, 3.05) is 38.7 Å². The maximum atomic E-state index is 16.0. The van der Waals surface area contributed by atoms with Crippen molar-refractivity contribution in [3.8, 4) is 23.1 Å². The highest BCUT2D eigenvalue weighted by atomic mass is 19.4. The molecule has 77 heavy (non-hydrogen) atoms. The van der Waals surface area contributed by atoms with Gasteiger partial charge in [0.05, 0.1) is 35.9 Å². The Hall–Kier alpha value is -7.25. The van der Waals surface area contributed by atoms with Crippen molar-refractivity contribution in [2.45, 2.75) is 109 Å². The molecule has 4 aromatic rings. The summed E-state index contributed by atoms with van der Waals surface area (Å²) >= 11 is 0. The largest absolute Gasteiger partial charge is 0.453 e. The van der Waals surface area contributed by atoms with Crippen LogP contribution >= 0.6 is 0 Å². The van der Waals surface area contributed by atoms with Crippen molar-refractivity contribution in [2.24, 2.45) is 10.8 Å². The molecule has 0 aliphatic carbocycles. The number of aromatic nitrogens is 4. The van der Waals surface area contributed by atoms with Gasteiger partial charge in [0.1, 0.15) is 23.1 Å². The number of alkyl halides is 8. The lowest BCUT2D eigenvalue weighted by atomic mass is 9.82. The van der Waals surface area contributed by atoms with Crippen LogP contribution in [0, 0.1) is 34.3 Å². The SMILES string of the molecule is CNC(=O)O[C@H](C(=O)NN(Cc1c(F)cc(-c2ccn(C(F)F)n2)cc1F)C[C@H](O)[C@H](Cc1ccc(C#Cc2cnc(N3C[C@@H]4CC[C@@H](C3)N4)nc2)cc1)NC(=O)[C@@H](NC(=O)OC)C(C)(C)C(F)(F)F)C(C)(C)C(F)(F)F. The zero-order valence-corrected chi connectivity index (χ0v) is 42.1. The molecule has 2 aliphatic rings. The van der Waals surface area contributed by atoms with Gasteiger partial charge in [-0.3, -0.25) is 15.0 Å². The van der Waals surface area contributed by atoms with Crippen LogP contribution in [0.25, 0.3) is 11.3 Å². The van der Waals surface area contributed by atoms with Crippen LogP contribution in [0.3, 0.4) is 0 Å². The zero-order chi connectivity index (χ0) is 56.8. The van der Waals surface area contributed by atoms with Crippen LogP contribution in [0.15, 0.2) is 61.1 Å². The van der Waals surface area contributed by atoms with E-state index in [0.717, 1.165) is 52.4 Å². The Bertz CT molecular complexity index is 2770. The smallest absolute Gasteiger partial charge is 0.407 e. The summed E-state index contributed by atoms with van der Waals surface area (Å²) in [7, 11) is 1.78. The van der Waals surface area contributed by atoms with Gasteiger partial charge in [0.15, 0.2) is 6.10 Å². The summed E-state index contributed by atoms with van der Waals surface area (Å²) in [5.41, 5.74) is -4.71. The Morgan fingerprint density at radius 1 is 0.844 bits per heavy atom. The van der Waals surface area contributed by atoms with Crippen LogP contribution in [-0.2, 0) is 32.0 Å². The third-order valence-corrected chi connectivity index (χ3v) is 13.2. The summed E-state index contributed by atoms with van der Waals surface area (Å²) in [5, 5.41) is 25.6. The summed E-state index contributed by atoms with van der Waals surface area (Å²) < 4.78 is 155. The van der Waals surface area contributed by atoms with E-state index in [-0.39, 0.29) is 21.5 Å². The van der Waals surface area contributed by atoms with Crippen LogP contribution in [0.1, 0.15) is 69.3 Å². The van der Waals surface area contributed by atoms with Crippen LogP contribution in [0.4, 0.5) is 59.4 Å². The molecule has 0 radical (unpaired) electrons. The molecule has 6 atom stereocenters. The number of halogens is 10. The second-order valence-corrected chi connectivity index (χ2v) is 19.4. The zero-order valence-electron chi connectivity index (χ0n) is 42.1. The molecule has 6 rings (SSSR count). The Labute approximate surface area is 434 Å². The molecule has 0 spiro atoms. The quantitative estimate of drug-likeness (QED) is 0.0389. The molecule has 18 nitrogen and oxygen atoms in total. The van der Waals surface area contributed by atoms with E-state index in [1.807, 2.05) is 16.1 Å². The van der Waals surface area contributed by atoms with Crippen molar-refractivity contribution in [1.82, 2.24) is 51.5 Å². The molecule has 2 fully saturated rings. The van der Waals surface area contributed by atoms with Gasteiger partial charge in [-0.1, -0.05) is 24.0 Å². The summed E-state index contributed by atoms with van der Waals surface area (Å²) in [6, 6.07) is 4.76. The van der Waals surface area contributed by atoms with Crippen LogP contribution < -0.4 is 31.6 Å². The number of piperazine rings is 1. The lowest BCUT2D eigenvalue weighted by Gasteiger charge is -2.37. The molecule has 418 valence electrons. The van der Waals surface area contributed by atoms with Gasteiger partial charge in [-0.05, 0) is 82.9 Å². The molecule has 2 bridgehead atoms. The predicted octanol–water partition coefficient (Wildman–Crippen LogP) is 5.90. The number of fused-ring (bicyclic) bond motifs is 2. The number of aliphatic hydroxyl groups excluding tert-OH is 1. The minimum absolute atomic E-state index is 0.194. The lowest BCUT2D eigenvalue weighted by molar-refractivity contribution is -0.239. The minimum atomic E-state index is -5.27. The highest BCUT2D eigenvalue weighted by Gasteiger charge is 2.58. The number of aliphatic hydroxyl groups is 1. The fourth-order valence-electron chi connectivity index (χ4n) is 8.35. The van der Waals surface area contributed by atoms with E-state index in [0.29, 0.717) is 74.0 Å². The number of benzene rings is 2. The van der Waals surface area contributed by atoms with E-state index in [1.54, 1.807) is 12.4 Å². The molecule has 2 aromatic carbocycles. The normalized spacial score (nSPS) is 17.4. The Kier molecular flexibility index (Phi) is 18.4. The molecular formula is C49H55F10N11O7. The van der Waals surface area contributed by atoms with Crippen molar-refractivity contribution in [1.29, 1.82) is 0 Å². The molecule has 4 amide bonds. The number of rotatable bonds is 18. The Morgan fingerprint density at radius 2 is 1.43 bits per heavy atom. The summed E-state index contributed by atoms with van der Waals surface area (Å²) in [4.78, 5) is 63.7. The number of carbonyl (C=O) groups is 4. The first kappa shape index (κ1) is 59.0. The van der Waals surface area contributed by atoms with Gasteiger partial charge in [0.2, 0.25) is 11.9 Å². The number of hydrogen-bond acceptors (Lipinski definition) is 13. The van der Waals surface area contributed by atoms with E-state index in [1.165, 1.54) is 24.3 Å². The maximum Gasteiger partial charge on any atom is 0.407 e. The summed E-state index contributed by atoms with van der Waals surface area (Å²) in [6.45, 7) is -1.72. The van der Waals surface area contributed by atoms with E-state index in [2.05, 4.69) is 47.2 Å². The molecule has 0 unspecified atom stereocenters. The third-order valence-electron chi connectivity index (χ3n) is 13.2. The van der Waals surface area contributed by atoms with E-state index < -0.39 is 115 Å². The Balaban J connectivity index is 1.34. The van der Waals surface area contributed by atoms with Gasteiger partial charge in [0.25, 0.3) is 5.91 Å². The fourth-order valence-corrected chi connectivity index (χ4v) is 8.35. The van der Waals surface area contributed by atoms with Gasteiger partial charge >= 0.3 is 31.1 Å². The average Bonchev–Trinajstić information content (AvgIpc) is 4.00. The molecule has 2 saturated heterocycles. The number of amides is 4. The van der Waals surface area contributed by atoms with Gasteiger partial charge in [-0.15, -0.1) is 0 Å². The van der Waals surface area contributed by atoms with Crippen molar-refractivity contribution in [3.05, 3.63) is 94.9 Å². The minimum Gasteiger partial charge on any atom is -0.453 e. The topological polar surface area (TPSA) is 217 Å². The second kappa shape index (κ2) is 24.0. The first-order chi connectivity index (χ1) is 36.0.